The molecule has 0 aliphatic rings. The van der Waals surface area contributed by atoms with Gasteiger partial charge in [0.2, 0.25) is 0 Å². The molecule has 0 aliphatic heterocycles. The number of carbonyl (C=O) groups is 1. The number of aromatic nitrogens is 3. The van der Waals surface area contributed by atoms with Crippen molar-refractivity contribution in [2.75, 3.05) is 13.2 Å². The van der Waals surface area contributed by atoms with E-state index >= 15 is 0 Å². The lowest BCUT2D eigenvalue weighted by Gasteiger charge is -2.22. The molecule has 0 saturated heterocycles. The lowest BCUT2D eigenvalue weighted by Crippen LogP contribution is -2.33. The van der Waals surface area contributed by atoms with Crippen molar-refractivity contribution in [1.82, 2.24) is 19.5 Å². The Hall–Kier alpha value is -2.73. The van der Waals surface area contributed by atoms with E-state index in [2.05, 4.69) is 10.2 Å². The second-order valence-corrected chi connectivity index (χ2v) is 5.33. The maximum absolute atomic E-state index is 12.7. The summed E-state index contributed by atoms with van der Waals surface area (Å²) >= 11 is 0. The molecule has 0 aliphatic carbocycles. The van der Waals surface area contributed by atoms with E-state index in [0.29, 0.717) is 17.8 Å². The minimum absolute atomic E-state index is 0.0785. The van der Waals surface area contributed by atoms with Crippen LogP contribution in [0.2, 0.25) is 0 Å². The minimum Gasteiger partial charge on any atom is -0.395 e. The molecule has 0 atom stereocenters. The number of aryl methyl sites for hydroxylation is 1. The molecule has 0 radical (unpaired) electrons. The van der Waals surface area contributed by atoms with Gasteiger partial charge in [-0.2, -0.15) is 0 Å². The van der Waals surface area contributed by atoms with Crippen LogP contribution >= 0.6 is 0 Å². The molecule has 1 amide bonds. The number of pyridine rings is 1. The van der Waals surface area contributed by atoms with Crippen LogP contribution in [-0.4, -0.2) is 43.7 Å². The number of rotatable bonds is 5. The zero-order chi connectivity index (χ0) is 16.2. The highest BCUT2D eigenvalue weighted by Gasteiger charge is 2.17. The highest BCUT2D eigenvalue weighted by Crippen LogP contribution is 2.12. The molecule has 0 saturated carbocycles. The molecule has 118 valence electrons. The summed E-state index contributed by atoms with van der Waals surface area (Å²) in [6, 6.07) is 13.2. The fourth-order valence-corrected chi connectivity index (χ4v) is 2.50. The predicted octanol–water partition coefficient (Wildman–Crippen LogP) is 1.67. The highest BCUT2D eigenvalue weighted by molar-refractivity contribution is 5.95. The van der Waals surface area contributed by atoms with Crippen molar-refractivity contribution in [2.24, 2.45) is 0 Å². The largest absolute Gasteiger partial charge is 0.395 e. The monoisotopic (exact) mass is 310 g/mol. The first-order chi connectivity index (χ1) is 11.2. The Morgan fingerprint density at radius 2 is 2.00 bits per heavy atom. The zero-order valence-electron chi connectivity index (χ0n) is 12.9. The second kappa shape index (κ2) is 6.58. The van der Waals surface area contributed by atoms with E-state index < -0.39 is 0 Å². The van der Waals surface area contributed by atoms with Crippen molar-refractivity contribution in [3.05, 3.63) is 65.6 Å². The average Bonchev–Trinajstić information content (AvgIpc) is 2.95. The number of aliphatic hydroxyl groups excluding tert-OH is 1. The van der Waals surface area contributed by atoms with Gasteiger partial charge in [-0.25, -0.2) is 0 Å². The summed E-state index contributed by atoms with van der Waals surface area (Å²) in [7, 11) is 0. The van der Waals surface area contributed by atoms with Gasteiger partial charge in [0.05, 0.1) is 6.61 Å². The normalized spacial score (nSPS) is 10.9. The maximum atomic E-state index is 12.7. The molecular weight excluding hydrogens is 292 g/mol. The topological polar surface area (TPSA) is 70.7 Å². The van der Waals surface area contributed by atoms with Crippen LogP contribution < -0.4 is 0 Å². The highest BCUT2D eigenvalue weighted by atomic mass is 16.3. The SMILES string of the molecule is Cc1nnc2cc(C(=O)N(CCO)Cc3ccccc3)ccn12. The Morgan fingerprint density at radius 1 is 1.22 bits per heavy atom. The van der Waals surface area contributed by atoms with Crippen molar-refractivity contribution >= 4 is 11.6 Å². The fourth-order valence-electron chi connectivity index (χ4n) is 2.50. The molecule has 3 rings (SSSR count). The molecule has 3 aromatic rings. The Morgan fingerprint density at radius 3 is 2.74 bits per heavy atom. The van der Waals surface area contributed by atoms with E-state index in [9.17, 15) is 9.90 Å². The number of aliphatic hydroxyl groups is 1. The van der Waals surface area contributed by atoms with Gasteiger partial charge in [0.15, 0.2) is 5.65 Å². The summed E-state index contributed by atoms with van der Waals surface area (Å²) in [5.41, 5.74) is 2.19. The lowest BCUT2D eigenvalue weighted by atomic mass is 10.2. The number of hydrogen-bond acceptors (Lipinski definition) is 4. The van der Waals surface area contributed by atoms with Crippen LogP contribution in [0.3, 0.4) is 0 Å². The molecular formula is C17H18N4O2. The Kier molecular flexibility index (Phi) is 4.34. The quantitative estimate of drug-likeness (QED) is 0.778. The molecule has 6 nitrogen and oxygen atoms in total. The van der Waals surface area contributed by atoms with Crippen molar-refractivity contribution < 1.29 is 9.90 Å². The van der Waals surface area contributed by atoms with Crippen LogP contribution in [-0.2, 0) is 6.54 Å². The van der Waals surface area contributed by atoms with Crippen molar-refractivity contribution in [1.29, 1.82) is 0 Å². The molecule has 2 heterocycles. The van der Waals surface area contributed by atoms with Crippen LogP contribution in [0.5, 0.6) is 0 Å². The van der Waals surface area contributed by atoms with E-state index in [4.69, 9.17) is 0 Å². The number of hydrogen-bond donors (Lipinski definition) is 1. The number of amides is 1. The number of carbonyl (C=O) groups excluding carboxylic acids is 1. The zero-order valence-corrected chi connectivity index (χ0v) is 12.9. The van der Waals surface area contributed by atoms with Gasteiger partial charge in [0.1, 0.15) is 5.82 Å². The molecule has 0 bridgehead atoms. The van der Waals surface area contributed by atoms with Gasteiger partial charge < -0.3 is 10.0 Å². The summed E-state index contributed by atoms with van der Waals surface area (Å²) in [5, 5.41) is 17.3. The van der Waals surface area contributed by atoms with Gasteiger partial charge in [0.25, 0.3) is 5.91 Å². The minimum atomic E-state index is -0.133. The number of fused-ring (bicyclic) bond motifs is 1. The van der Waals surface area contributed by atoms with Crippen molar-refractivity contribution in [3.63, 3.8) is 0 Å². The molecule has 1 aromatic carbocycles. The molecule has 0 fully saturated rings. The molecule has 23 heavy (non-hydrogen) atoms. The first-order valence-corrected chi connectivity index (χ1v) is 7.44. The van der Waals surface area contributed by atoms with E-state index in [1.165, 1.54) is 0 Å². The van der Waals surface area contributed by atoms with Crippen molar-refractivity contribution in [3.8, 4) is 0 Å². The van der Waals surface area contributed by atoms with E-state index in [0.717, 1.165) is 11.4 Å². The summed E-state index contributed by atoms with van der Waals surface area (Å²) in [6.07, 6.45) is 1.79. The average molecular weight is 310 g/mol. The lowest BCUT2D eigenvalue weighted by molar-refractivity contribution is 0.0708. The molecule has 2 aromatic heterocycles. The molecule has 1 N–H and O–H groups in total. The molecule has 0 spiro atoms. The summed E-state index contributed by atoms with van der Waals surface area (Å²) in [5.74, 6) is 0.640. The van der Waals surface area contributed by atoms with Crippen LogP contribution in [0.4, 0.5) is 0 Å². The first-order valence-electron chi connectivity index (χ1n) is 7.44. The predicted molar refractivity (Wildman–Crippen MR) is 86.0 cm³/mol. The first kappa shape index (κ1) is 15.2. The Labute approximate surface area is 134 Å². The smallest absolute Gasteiger partial charge is 0.254 e. The fraction of sp³-hybridized carbons (Fsp3) is 0.235. The van der Waals surface area contributed by atoms with Crippen LogP contribution in [0.15, 0.2) is 48.7 Å². The van der Waals surface area contributed by atoms with Crippen LogP contribution in [0.25, 0.3) is 5.65 Å². The van der Waals surface area contributed by atoms with Crippen LogP contribution in [0.1, 0.15) is 21.7 Å². The third-order valence-corrected chi connectivity index (χ3v) is 3.70. The number of benzene rings is 1. The van der Waals surface area contributed by atoms with Gasteiger partial charge in [-0.15, -0.1) is 10.2 Å². The third-order valence-electron chi connectivity index (χ3n) is 3.70. The standard InChI is InChI=1S/C17H18N4O2/c1-13-18-19-16-11-15(7-8-21(13)16)17(23)20(9-10-22)12-14-5-3-2-4-6-14/h2-8,11,22H,9-10,12H2,1H3. The van der Waals surface area contributed by atoms with Gasteiger partial charge in [-0.1, -0.05) is 30.3 Å². The van der Waals surface area contributed by atoms with E-state index in [1.54, 1.807) is 23.2 Å². The van der Waals surface area contributed by atoms with Gasteiger partial charge in [-0.3, -0.25) is 9.20 Å². The second-order valence-electron chi connectivity index (χ2n) is 5.33. The summed E-state index contributed by atoms with van der Waals surface area (Å²) < 4.78 is 1.82. The Bertz CT molecular complexity index is 814. The molecule has 0 unspecified atom stereocenters. The molecule has 6 heteroatoms. The van der Waals surface area contributed by atoms with Gasteiger partial charge >= 0.3 is 0 Å². The summed E-state index contributed by atoms with van der Waals surface area (Å²) in [6.45, 7) is 2.52. The van der Waals surface area contributed by atoms with E-state index in [-0.39, 0.29) is 19.1 Å². The van der Waals surface area contributed by atoms with Crippen molar-refractivity contribution in [2.45, 2.75) is 13.5 Å². The van der Waals surface area contributed by atoms with Crippen LogP contribution in [0, 0.1) is 6.92 Å². The Balaban J connectivity index is 1.86. The third kappa shape index (κ3) is 3.22. The van der Waals surface area contributed by atoms with Gasteiger partial charge in [0, 0.05) is 24.8 Å². The van der Waals surface area contributed by atoms with E-state index in [1.807, 2.05) is 41.7 Å². The number of nitrogens with zero attached hydrogens (tertiary/aromatic N) is 4. The maximum Gasteiger partial charge on any atom is 0.254 e. The van der Waals surface area contributed by atoms with Gasteiger partial charge in [-0.05, 0) is 24.6 Å². The summed E-state index contributed by atoms with van der Waals surface area (Å²) in [4.78, 5) is 14.4.